The highest BCUT2D eigenvalue weighted by Gasteiger charge is 2.42. The second-order valence-corrected chi connectivity index (χ2v) is 9.19. The predicted octanol–water partition coefficient (Wildman–Crippen LogP) is 0.129. The molecule has 9 nitrogen and oxygen atoms in total. The molecule has 2 fully saturated rings. The molecule has 156 valence electrons. The molecule has 2 saturated heterocycles. The minimum Gasteiger partial charge on any atom is -0.461 e. The maximum absolute atomic E-state index is 13.2. The van der Waals surface area contributed by atoms with Crippen LogP contribution in [0.2, 0.25) is 0 Å². The van der Waals surface area contributed by atoms with Gasteiger partial charge in [0.2, 0.25) is 15.9 Å². The summed E-state index contributed by atoms with van der Waals surface area (Å²) >= 11 is 0. The zero-order valence-electron chi connectivity index (χ0n) is 16.6. The fourth-order valence-electron chi connectivity index (χ4n) is 3.73. The molecule has 0 bridgehead atoms. The van der Waals surface area contributed by atoms with Gasteiger partial charge in [0.1, 0.15) is 16.6 Å². The third kappa shape index (κ3) is 3.94. The highest BCUT2D eigenvalue weighted by molar-refractivity contribution is 7.89. The van der Waals surface area contributed by atoms with Gasteiger partial charge in [-0.05, 0) is 32.9 Å². The van der Waals surface area contributed by atoms with Crippen molar-refractivity contribution in [1.29, 1.82) is 0 Å². The van der Waals surface area contributed by atoms with Crippen LogP contribution >= 0.6 is 0 Å². The average Bonchev–Trinajstić information content (AvgIpc) is 3.29. The first-order chi connectivity index (χ1) is 13.3. The van der Waals surface area contributed by atoms with Crippen molar-refractivity contribution in [2.45, 2.75) is 30.7 Å². The number of carbonyl (C=O) groups excluding carboxylic acids is 2. The van der Waals surface area contributed by atoms with E-state index in [2.05, 4.69) is 4.90 Å². The molecule has 1 amide bonds. The molecule has 28 heavy (non-hydrogen) atoms. The van der Waals surface area contributed by atoms with Crippen LogP contribution in [0.4, 0.5) is 0 Å². The fourth-order valence-corrected chi connectivity index (χ4v) is 5.45. The van der Waals surface area contributed by atoms with Crippen molar-refractivity contribution in [2.75, 3.05) is 46.4 Å². The van der Waals surface area contributed by atoms with E-state index in [4.69, 9.17) is 4.74 Å². The lowest BCUT2D eigenvalue weighted by molar-refractivity contribution is -0.136. The van der Waals surface area contributed by atoms with E-state index in [0.717, 1.165) is 13.1 Å². The third-order valence-corrected chi connectivity index (χ3v) is 7.25. The van der Waals surface area contributed by atoms with Crippen molar-refractivity contribution in [3.63, 3.8) is 0 Å². The number of carbonyl (C=O) groups is 2. The van der Waals surface area contributed by atoms with Gasteiger partial charge < -0.3 is 19.1 Å². The van der Waals surface area contributed by atoms with Gasteiger partial charge in [-0.15, -0.1) is 0 Å². The Kier molecular flexibility index (Phi) is 6.11. The number of nitrogens with zero attached hydrogens (tertiary/aromatic N) is 4. The molecular weight excluding hydrogens is 384 g/mol. The quantitative estimate of drug-likeness (QED) is 0.639. The molecule has 1 atom stereocenters. The van der Waals surface area contributed by atoms with Gasteiger partial charge in [0.15, 0.2) is 0 Å². The molecule has 0 aliphatic carbocycles. The van der Waals surface area contributed by atoms with Crippen molar-refractivity contribution in [2.24, 2.45) is 7.05 Å². The topological polar surface area (TPSA) is 92.2 Å². The number of rotatable bonds is 5. The van der Waals surface area contributed by atoms with Gasteiger partial charge in [-0.1, -0.05) is 0 Å². The summed E-state index contributed by atoms with van der Waals surface area (Å²) in [5.41, 5.74) is 0.168. The van der Waals surface area contributed by atoms with Gasteiger partial charge in [0.25, 0.3) is 0 Å². The number of aromatic nitrogens is 1. The van der Waals surface area contributed by atoms with Crippen LogP contribution in [0.5, 0.6) is 0 Å². The van der Waals surface area contributed by atoms with E-state index in [1.807, 2.05) is 7.05 Å². The van der Waals surface area contributed by atoms with Crippen LogP contribution in [0.15, 0.2) is 17.2 Å². The zero-order valence-corrected chi connectivity index (χ0v) is 17.4. The number of sulfonamides is 1. The Balaban J connectivity index is 1.82. The molecule has 0 N–H and O–H groups in total. The van der Waals surface area contributed by atoms with Crippen molar-refractivity contribution >= 4 is 21.9 Å². The predicted molar refractivity (Wildman–Crippen MR) is 102 cm³/mol. The van der Waals surface area contributed by atoms with Crippen molar-refractivity contribution in [3.8, 4) is 0 Å². The van der Waals surface area contributed by atoms with Crippen LogP contribution in [0, 0.1) is 0 Å². The molecule has 3 heterocycles. The second kappa shape index (κ2) is 8.22. The molecule has 0 saturated carbocycles. The van der Waals surface area contributed by atoms with E-state index in [9.17, 15) is 18.0 Å². The van der Waals surface area contributed by atoms with Crippen molar-refractivity contribution < 1.29 is 22.7 Å². The van der Waals surface area contributed by atoms with Gasteiger partial charge in [-0.2, -0.15) is 4.31 Å². The average molecular weight is 413 g/mol. The Labute approximate surface area is 165 Å². The van der Waals surface area contributed by atoms with Gasteiger partial charge in [-0.3, -0.25) is 4.79 Å². The largest absolute Gasteiger partial charge is 0.461 e. The van der Waals surface area contributed by atoms with Crippen LogP contribution in [0.3, 0.4) is 0 Å². The number of piperazine rings is 1. The van der Waals surface area contributed by atoms with Gasteiger partial charge in [-0.25, -0.2) is 13.2 Å². The molecule has 1 aromatic rings. The lowest BCUT2D eigenvalue weighted by Crippen LogP contribution is -2.53. The molecule has 2 aliphatic heterocycles. The Bertz CT molecular complexity index is 842. The number of hydrogen-bond acceptors (Lipinski definition) is 6. The van der Waals surface area contributed by atoms with Gasteiger partial charge in [0.05, 0.1) is 6.61 Å². The molecule has 10 heteroatoms. The van der Waals surface area contributed by atoms with E-state index < -0.39 is 22.0 Å². The van der Waals surface area contributed by atoms with Crippen molar-refractivity contribution in [3.05, 3.63) is 18.0 Å². The minimum atomic E-state index is -3.89. The SMILES string of the molecule is CCOC(=O)c1cc(S(=O)(=O)N2CCC[C@H]2C(=O)N2CCN(C)CC2)cn1C. The summed E-state index contributed by atoms with van der Waals surface area (Å²) in [6, 6.07) is 0.642. The summed E-state index contributed by atoms with van der Waals surface area (Å²) in [5, 5.41) is 0. The van der Waals surface area contributed by atoms with Crippen LogP contribution in [0.25, 0.3) is 0 Å². The summed E-state index contributed by atoms with van der Waals surface area (Å²) in [7, 11) is -0.282. The van der Waals surface area contributed by atoms with Gasteiger partial charge in [0, 0.05) is 46.0 Å². The number of aryl methyl sites for hydroxylation is 1. The van der Waals surface area contributed by atoms with Crippen LogP contribution in [0.1, 0.15) is 30.3 Å². The highest BCUT2D eigenvalue weighted by atomic mass is 32.2. The fraction of sp³-hybridized carbons (Fsp3) is 0.667. The highest BCUT2D eigenvalue weighted by Crippen LogP contribution is 2.28. The number of hydrogen-bond donors (Lipinski definition) is 0. The first-order valence-corrected chi connectivity index (χ1v) is 11.0. The van der Waals surface area contributed by atoms with E-state index in [1.54, 1.807) is 18.9 Å². The van der Waals surface area contributed by atoms with E-state index in [0.29, 0.717) is 32.5 Å². The Morgan fingerprint density at radius 1 is 1.14 bits per heavy atom. The van der Waals surface area contributed by atoms with E-state index in [-0.39, 0.29) is 23.1 Å². The van der Waals surface area contributed by atoms with E-state index in [1.165, 1.54) is 21.1 Å². The molecule has 0 aromatic carbocycles. The van der Waals surface area contributed by atoms with Crippen LogP contribution in [-0.2, 0) is 26.6 Å². The Morgan fingerprint density at radius 3 is 2.46 bits per heavy atom. The van der Waals surface area contributed by atoms with E-state index >= 15 is 0 Å². The summed E-state index contributed by atoms with van der Waals surface area (Å²) < 4.78 is 34.1. The maximum atomic E-state index is 13.2. The van der Waals surface area contributed by atoms with Gasteiger partial charge >= 0.3 is 5.97 Å². The lowest BCUT2D eigenvalue weighted by atomic mass is 10.2. The van der Waals surface area contributed by atoms with Crippen molar-refractivity contribution in [1.82, 2.24) is 18.7 Å². The maximum Gasteiger partial charge on any atom is 0.354 e. The molecule has 1 aromatic heterocycles. The number of ether oxygens (including phenoxy) is 1. The molecule has 0 spiro atoms. The summed E-state index contributed by atoms with van der Waals surface area (Å²) in [6.07, 6.45) is 2.56. The Morgan fingerprint density at radius 2 is 1.82 bits per heavy atom. The third-order valence-electron chi connectivity index (χ3n) is 5.37. The monoisotopic (exact) mass is 412 g/mol. The molecule has 2 aliphatic rings. The molecular formula is C18H28N4O5S. The lowest BCUT2D eigenvalue weighted by Gasteiger charge is -2.35. The molecule has 3 rings (SSSR count). The summed E-state index contributed by atoms with van der Waals surface area (Å²) in [6.45, 7) is 4.99. The second-order valence-electron chi connectivity index (χ2n) is 7.29. The standard InChI is InChI=1S/C18H28N4O5S/c1-4-27-18(24)16-12-14(13-20(16)3)28(25,26)22-7-5-6-15(22)17(23)21-10-8-19(2)9-11-21/h12-13,15H,4-11H2,1-3H3/t15-/m0/s1. The minimum absolute atomic E-state index is 0.0103. The normalized spacial score (nSPS) is 21.8. The first-order valence-electron chi connectivity index (χ1n) is 9.58. The summed E-state index contributed by atoms with van der Waals surface area (Å²) in [5.74, 6) is -0.700. The zero-order chi connectivity index (χ0) is 20.5. The number of esters is 1. The van der Waals surface area contributed by atoms with Crippen LogP contribution in [-0.4, -0.2) is 91.4 Å². The Hall–Kier alpha value is -1.91. The van der Waals surface area contributed by atoms with Crippen LogP contribution < -0.4 is 0 Å². The number of amides is 1. The summed E-state index contributed by atoms with van der Waals surface area (Å²) in [4.78, 5) is 28.9. The first kappa shape index (κ1) is 20.8. The number of likely N-dealkylation sites (N-methyl/N-ethyl adjacent to an activating group) is 1. The molecule has 0 radical (unpaired) electrons. The smallest absolute Gasteiger partial charge is 0.354 e. The molecule has 0 unspecified atom stereocenters.